The number of hydrogen-bond acceptors (Lipinski definition) is 3. The molecule has 0 aliphatic rings. The van der Waals surface area contributed by atoms with Gasteiger partial charge in [0.1, 0.15) is 0 Å². The Morgan fingerprint density at radius 1 is 1.09 bits per heavy atom. The van der Waals surface area contributed by atoms with Gasteiger partial charge in [0.05, 0.1) is 4.92 Å². The lowest BCUT2D eigenvalue weighted by Gasteiger charge is -2.11. The summed E-state index contributed by atoms with van der Waals surface area (Å²) >= 11 is 2.24. The number of benzene rings is 2. The Kier molecular flexibility index (Phi) is 4.80. The van der Waals surface area contributed by atoms with Gasteiger partial charge in [0.2, 0.25) is 0 Å². The molecule has 2 rings (SSSR count). The van der Waals surface area contributed by atoms with E-state index in [4.69, 9.17) is 0 Å². The topological polar surface area (TPSA) is 72.2 Å². The van der Waals surface area contributed by atoms with Crippen molar-refractivity contribution >= 4 is 39.9 Å². The summed E-state index contributed by atoms with van der Waals surface area (Å²) in [5, 5.41) is 13.8. The number of carbonyl (C=O) groups excluding carboxylic acids is 1. The Labute approximate surface area is 142 Å². The monoisotopic (exact) mass is 410 g/mol. The van der Waals surface area contributed by atoms with Gasteiger partial charge in [-0.15, -0.1) is 0 Å². The predicted octanol–water partition coefficient (Wildman–Crippen LogP) is 4.38. The fourth-order valence-corrected chi connectivity index (χ4v) is 2.68. The summed E-state index contributed by atoms with van der Waals surface area (Å²) in [4.78, 5) is 22.8. The van der Waals surface area contributed by atoms with E-state index in [2.05, 4.69) is 27.9 Å². The first kappa shape index (κ1) is 16.4. The molecule has 0 aromatic heterocycles. The molecule has 2 aromatic rings. The Morgan fingerprint density at radius 3 is 2.41 bits per heavy atom. The van der Waals surface area contributed by atoms with Gasteiger partial charge in [-0.3, -0.25) is 14.9 Å². The number of nitro benzene ring substituents is 1. The van der Waals surface area contributed by atoms with E-state index in [1.807, 2.05) is 26.0 Å². The van der Waals surface area contributed by atoms with E-state index >= 15 is 0 Å². The number of nitrogens with zero attached hydrogens (tertiary/aromatic N) is 1. The molecule has 22 heavy (non-hydrogen) atoms. The lowest BCUT2D eigenvalue weighted by atomic mass is 10.1. The number of rotatable bonds is 3. The fraction of sp³-hybridized carbons (Fsp3) is 0.188. The minimum absolute atomic E-state index is 0.0526. The third kappa shape index (κ3) is 3.44. The Balaban J connectivity index is 2.32. The van der Waals surface area contributed by atoms with Gasteiger partial charge in [-0.1, -0.05) is 6.07 Å². The van der Waals surface area contributed by atoms with Gasteiger partial charge in [0.15, 0.2) is 0 Å². The van der Waals surface area contributed by atoms with Gasteiger partial charge in [0.25, 0.3) is 11.6 Å². The average molecular weight is 410 g/mol. The van der Waals surface area contributed by atoms with E-state index in [1.165, 1.54) is 6.07 Å². The number of nitrogens with one attached hydrogen (secondary N) is 1. The quantitative estimate of drug-likeness (QED) is 0.464. The average Bonchev–Trinajstić information content (AvgIpc) is 2.44. The molecule has 0 bridgehead atoms. The lowest BCUT2D eigenvalue weighted by molar-refractivity contribution is -0.385. The van der Waals surface area contributed by atoms with Crippen molar-refractivity contribution in [1.29, 1.82) is 0 Å². The van der Waals surface area contributed by atoms with Crippen LogP contribution in [-0.4, -0.2) is 10.8 Å². The zero-order chi connectivity index (χ0) is 16.4. The highest BCUT2D eigenvalue weighted by Gasteiger charge is 2.15. The molecule has 1 N–H and O–H groups in total. The second-order valence-electron chi connectivity index (χ2n) is 5.13. The van der Waals surface area contributed by atoms with Crippen LogP contribution >= 0.6 is 22.6 Å². The van der Waals surface area contributed by atoms with E-state index in [-0.39, 0.29) is 17.2 Å². The molecule has 0 spiro atoms. The van der Waals surface area contributed by atoms with Crippen molar-refractivity contribution in [2.45, 2.75) is 20.8 Å². The highest BCUT2D eigenvalue weighted by Crippen LogP contribution is 2.24. The summed E-state index contributed by atoms with van der Waals surface area (Å²) in [5.74, 6) is -0.355. The van der Waals surface area contributed by atoms with Crippen molar-refractivity contribution < 1.29 is 9.72 Å². The van der Waals surface area contributed by atoms with Crippen LogP contribution in [0, 0.1) is 34.5 Å². The van der Waals surface area contributed by atoms with Crippen LogP contribution in [0.1, 0.15) is 27.0 Å². The molecule has 0 fully saturated rings. The molecule has 0 aliphatic heterocycles. The van der Waals surface area contributed by atoms with Gasteiger partial charge >= 0.3 is 0 Å². The number of nitro groups is 1. The van der Waals surface area contributed by atoms with E-state index in [0.29, 0.717) is 11.3 Å². The molecule has 2 aromatic carbocycles. The van der Waals surface area contributed by atoms with Crippen molar-refractivity contribution in [2.75, 3.05) is 5.32 Å². The van der Waals surface area contributed by atoms with Crippen LogP contribution in [0.15, 0.2) is 30.3 Å². The highest BCUT2D eigenvalue weighted by atomic mass is 127. The first-order valence-electron chi connectivity index (χ1n) is 6.62. The van der Waals surface area contributed by atoms with E-state index in [9.17, 15) is 14.9 Å². The number of carbonyl (C=O) groups is 1. The second kappa shape index (κ2) is 6.43. The summed E-state index contributed by atoms with van der Waals surface area (Å²) in [5.41, 5.74) is 3.48. The largest absolute Gasteiger partial charge is 0.322 e. The third-order valence-corrected chi connectivity index (χ3v) is 4.58. The van der Waals surface area contributed by atoms with Crippen molar-refractivity contribution in [3.8, 4) is 0 Å². The van der Waals surface area contributed by atoms with Crippen LogP contribution in [-0.2, 0) is 0 Å². The number of amides is 1. The molecule has 5 nitrogen and oxygen atoms in total. The molecule has 0 saturated heterocycles. The molecule has 0 radical (unpaired) electrons. The summed E-state index contributed by atoms with van der Waals surface area (Å²) < 4.78 is 1.12. The van der Waals surface area contributed by atoms with Crippen molar-refractivity contribution in [3.63, 3.8) is 0 Å². The third-order valence-electron chi connectivity index (χ3n) is 3.42. The predicted molar refractivity (Wildman–Crippen MR) is 94.4 cm³/mol. The molecular formula is C16H15IN2O3. The van der Waals surface area contributed by atoms with Gasteiger partial charge in [-0.2, -0.15) is 0 Å². The number of hydrogen-bond donors (Lipinski definition) is 1. The molecule has 0 aliphatic carbocycles. The fourth-order valence-electron chi connectivity index (χ4n) is 2.06. The minimum atomic E-state index is -0.480. The first-order valence-corrected chi connectivity index (χ1v) is 7.70. The molecule has 114 valence electrons. The molecule has 0 saturated carbocycles. The molecule has 0 atom stereocenters. The van der Waals surface area contributed by atoms with Gasteiger partial charge in [0, 0.05) is 26.5 Å². The molecule has 6 heteroatoms. The van der Waals surface area contributed by atoms with Crippen LogP contribution in [0.5, 0.6) is 0 Å². The Hall–Kier alpha value is -1.96. The minimum Gasteiger partial charge on any atom is -0.322 e. The highest BCUT2D eigenvalue weighted by molar-refractivity contribution is 14.1. The smallest absolute Gasteiger partial charge is 0.273 e. The SMILES string of the molecule is Cc1cc(NC(=O)c2ccc(C)c([N+](=O)[O-])c2)c(C)cc1I. The number of aryl methyl sites for hydroxylation is 3. The second-order valence-corrected chi connectivity index (χ2v) is 6.29. The standard InChI is InChI=1S/C16H15IN2O3/c1-9-4-5-12(8-15(9)19(21)22)16(20)18-14-7-10(2)13(17)6-11(14)3/h4-8H,1-3H3,(H,18,20). The molecule has 1 amide bonds. The number of halogens is 1. The Bertz CT molecular complexity index is 772. The maximum Gasteiger partial charge on any atom is 0.273 e. The van der Waals surface area contributed by atoms with Crippen LogP contribution in [0.25, 0.3) is 0 Å². The zero-order valence-electron chi connectivity index (χ0n) is 12.4. The van der Waals surface area contributed by atoms with Crippen molar-refractivity contribution in [1.82, 2.24) is 0 Å². The summed E-state index contributed by atoms with van der Waals surface area (Å²) in [6.07, 6.45) is 0. The van der Waals surface area contributed by atoms with Gasteiger partial charge in [-0.05, 0) is 72.7 Å². The van der Waals surface area contributed by atoms with Crippen LogP contribution in [0.4, 0.5) is 11.4 Å². The first-order chi connectivity index (χ1) is 10.3. The van der Waals surface area contributed by atoms with E-state index in [0.717, 1.165) is 14.7 Å². The van der Waals surface area contributed by atoms with Gasteiger partial charge < -0.3 is 5.32 Å². The zero-order valence-corrected chi connectivity index (χ0v) is 14.6. The van der Waals surface area contributed by atoms with E-state index < -0.39 is 4.92 Å². The molecule has 0 heterocycles. The maximum atomic E-state index is 12.3. The molecular weight excluding hydrogens is 395 g/mol. The summed E-state index contributed by atoms with van der Waals surface area (Å²) in [6, 6.07) is 8.37. The van der Waals surface area contributed by atoms with Gasteiger partial charge in [-0.25, -0.2) is 0 Å². The van der Waals surface area contributed by atoms with Crippen molar-refractivity contribution in [2.24, 2.45) is 0 Å². The normalized spacial score (nSPS) is 10.4. The summed E-state index contributed by atoms with van der Waals surface area (Å²) in [7, 11) is 0. The van der Waals surface area contributed by atoms with E-state index in [1.54, 1.807) is 19.1 Å². The lowest BCUT2D eigenvalue weighted by Crippen LogP contribution is -2.13. The van der Waals surface area contributed by atoms with Crippen LogP contribution < -0.4 is 5.32 Å². The summed E-state index contributed by atoms with van der Waals surface area (Å²) in [6.45, 7) is 5.52. The van der Waals surface area contributed by atoms with Crippen LogP contribution in [0.3, 0.4) is 0 Å². The maximum absolute atomic E-state index is 12.3. The number of anilines is 1. The molecule has 0 unspecified atom stereocenters. The van der Waals surface area contributed by atoms with Crippen molar-refractivity contribution in [3.05, 3.63) is 66.3 Å². The van der Waals surface area contributed by atoms with Crippen LogP contribution in [0.2, 0.25) is 0 Å². The Morgan fingerprint density at radius 2 is 1.77 bits per heavy atom.